The molecule has 0 aromatic carbocycles. The number of carbonyl (C=O) groups excluding carboxylic acids is 2. The Morgan fingerprint density at radius 1 is 0.607 bits per heavy atom. The molecule has 0 aromatic heterocycles. The van der Waals surface area contributed by atoms with Gasteiger partial charge in [-0.2, -0.15) is 0 Å². The van der Waals surface area contributed by atoms with E-state index in [-0.39, 0.29) is 12.8 Å². The average molecular weight is 874 g/mol. The number of aliphatic carboxylic acids is 1. The van der Waals surface area contributed by atoms with Crippen LogP contribution in [0.1, 0.15) is 136 Å². The number of hydrogen-bond donors (Lipinski definition) is 4. The Bertz CT molecular complexity index is 1460. The second-order valence-electron chi connectivity index (χ2n) is 14.3. The molecule has 0 aliphatic rings. The van der Waals surface area contributed by atoms with Crippen LogP contribution in [0, 0.1) is 0 Å². The van der Waals surface area contributed by atoms with Crippen LogP contribution in [-0.2, 0) is 37.5 Å². The van der Waals surface area contributed by atoms with Crippen molar-refractivity contribution in [3.8, 4) is 0 Å². The van der Waals surface area contributed by atoms with Gasteiger partial charge >= 0.3 is 25.7 Å². The minimum Gasteiger partial charge on any atom is -0.480 e. The fourth-order valence-corrected chi connectivity index (χ4v) is 5.88. The number of aliphatic hydroxyl groups excluding tert-OH is 1. The number of carbonyl (C=O) groups is 3. The van der Waals surface area contributed by atoms with Crippen molar-refractivity contribution in [3.05, 3.63) is 109 Å². The van der Waals surface area contributed by atoms with Crippen LogP contribution >= 0.6 is 7.82 Å². The lowest BCUT2D eigenvalue weighted by Crippen LogP contribution is -2.34. The van der Waals surface area contributed by atoms with Crippen LogP contribution in [0.4, 0.5) is 0 Å². The maximum Gasteiger partial charge on any atom is 0.472 e. The molecular formula is C48H76NO11P. The molecule has 5 N–H and O–H groups in total. The molecule has 0 aliphatic heterocycles. The summed E-state index contributed by atoms with van der Waals surface area (Å²) < 4.78 is 32.6. The van der Waals surface area contributed by atoms with Crippen molar-refractivity contribution in [1.29, 1.82) is 0 Å². The van der Waals surface area contributed by atoms with E-state index < -0.39 is 63.8 Å². The lowest BCUT2D eigenvalue weighted by Gasteiger charge is -2.20. The topological polar surface area (TPSA) is 192 Å². The molecule has 344 valence electrons. The predicted molar refractivity (Wildman–Crippen MR) is 246 cm³/mol. The van der Waals surface area contributed by atoms with Gasteiger partial charge in [0.2, 0.25) is 0 Å². The molecule has 12 nitrogen and oxygen atoms in total. The quantitative estimate of drug-likeness (QED) is 0.0150. The Labute approximate surface area is 366 Å². The van der Waals surface area contributed by atoms with Crippen LogP contribution in [0.3, 0.4) is 0 Å². The molecule has 0 heterocycles. The van der Waals surface area contributed by atoms with Gasteiger partial charge in [-0.3, -0.25) is 23.4 Å². The summed E-state index contributed by atoms with van der Waals surface area (Å²) in [7, 11) is -4.76. The summed E-state index contributed by atoms with van der Waals surface area (Å²) in [6.45, 7) is 2.41. The van der Waals surface area contributed by atoms with Crippen LogP contribution in [-0.4, -0.2) is 71.1 Å². The monoisotopic (exact) mass is 874 g/mol. The van der Waals surface area contributed by atoms with E-state index in [1.165, 1.54) is 19.3 Å². The summed E-state index contributed by atoms with van der Waals surface area (Å²) in [4.78, 5) is 46.0. The summed E-state index contributed by atoms with van der Waals surface area (Å²) in [5, 5.41) is 18.7. The molecule has 0 rings (SSSR count). The number of aliphatic hydroxyl groups is 1. The predicted octanol–water partition coefficient (Wildman–Crippen LogP) is 10.8. The number of ether oxygens (including phenoxy) is 2. The molecule has 0 bridgehead atoms. The van der Waals surface area contributed by atoms with Gasteiger partial charge in [0.1, 0.15) is 12.6 Å². The molecule has 0 spiro atoms. The van der Waals surface area contributed by atoms with E-state index in [0.717, 1.165) is 64.2 Å². The first-order valence-electron chi connectivity index (χ1n) is 22.0. The lowest BCUT2D eigenvalue weighted by molar-refractivity contribution is -0.161. The molecule has 2 unspecified atom stereocenters. The largest absolute Gasteiger partial charge is 0.480 e. The molecule has 13 heteroatoms. The number of carboxylic acids is 1. The average Bonchev–Trinajstić information content (AvgIpc) is 3.23. The third kappa shape index (κ3) is 41.2. The van der Waals surface area contributed by atoms with Crippen molar-refractivity contribution < 1.29 is 52.6 Å². The van der Waals surface area contributed by atoms with Crippen LogP contribution < -0.4 is 5.73 Å². The van der Waals surface area contributed by atoms with Gasteiger partial charge in [0.25, 0.3) is 0 Å². The molecule has 0 saturated heterocycles. The van der Waals surface area contributed by atoms with Gasteiger partial charge < -0.3 is 30.3 Å². The van der Waals surface area contributed by atoms with Gasteiger partial charge in [-0.05, 0) is 89.9 Å². The number of phosphoric acid groups is 1. The van der Waals surface area contributed by atoms with Crippen molar-refractivity contribution in [2.45, 2.75) is 154 Å². The Hall–Kier alpha value is -3.90. The number of hydrogen-bond acceptors (Lipinski definition) is 10. The maximum atomic E-state index is 12.6. The van der Waals surface area contributed by atoms with Gasteiger partial charge in [0.15, 0.2) is 6.10 Å². The molecule has 0 aromatic rings. The number of phosphoric ester groups is 1. The maximum absolute atomic E-state index is 12.6. The number of rotatable bonds is 39. The minimum atomic E-state index is -4.76. The van der Waals surface area contributed by atoms with E-state index in [1.807, 2.05) is 61.6 Å². The smallest absolute Gasteiger partial charge is 0.472 e. The summed E-state index contributed by atoms with van der Waals surface area (Å²) in [6.07, 6.45) is 50.7. The van der Waals surface area contributed by atoms with Gasteiger partial charge in [0, 0.05) is 12.8 Å². The second kappa shape index (κ2) is 41.5. The van der Waals surface area contributed by atoms with Crippen LogP contribution in [0.2, 0.25) is 0 Å². The van der Waals surface area contributed by atoms with Crippen molar-refractivity contribution in [2.75, 3.05) is 19.8 Å². The SMILES string of the molecule is CC/C=C\C(O)C/C=C/C=C\C/C=C\C/C=C\CCCC(=O)O[C@H](COC(=O)CCCCC/C=C\C/C=C\C/C=C\C/C=C\CCCCC)COP(=O)(O)OC[C@H](N)C(=O)O. The van der Waals surface area contributed by atoms with E-state index in [2.05, 4.69) is 60.1 Å². The van der Waals surface area contributed by atoms with E-state index in [0.29, 0.717) is 25.7 Å². The molecule has 0 radical (unpaired) electrons. The number of allylic oxidation sites excluding steroid dienone is 16. The van der Waals surface area contributed by atoms with Crippen molar-refractivity contribution in [3.63, 3.8) is 0 Å². The van der Waals surface area contributed by atoms with Crippen molar-refractivity contribution >= 4 is 25.7 Å². The molecule has 4 atom stereocenters. The lowest BCUT2D eigenvalue weighted by atomic mass is 10.1. The highest BCUT2D eigenvalue weighted by Crippen LogP contribution is 2.43. The Balaban J connectivity index is 4.57. The summed E-state index contributed by atoms with van der Waals surface area (Å²) in [6, 6.07) is -1.55. The zero-order chi connectivity index (χ0) is 45.1. The van der Waals surface area contributed by atoms with Gasteiger partial charge in [-0.25, -0.2) is 4.57 Å². The highest BCUT2D eigenvalue weighted by molar-refractivity contribution is 7.47. The van der Waals surface area contributed by atoms with Gasteiger partial charge in [-0.1, -0.05) is 142 Å². The third-order valence-corrected chi connectivity index (χ3v) is 9.53. The van der Waals surface area contributed by atoms with Crippen LogP contribution in [0.5, 0.6) is 0 Å². The molecule has 0 saturated carbocycles. The second-order valence-corrected chi connectivity index (χ2v) is 15.7. The van der Waals surface area contributed by atoms with E-state index in [9.17, 15) is 28.9 Å². The first-order valence-corrected chi connectivity index (χ1v) is 23.5. The van der Waals surface area contributed by atoms with Gasteiger partial charge in [0.05, 0.1) is 19.3 Å². The van der Waals surface area contributed by atoms with Gasteiger partial charge in [-0.15, -0.1) is 0 Å². The fraction of sp³-hybridized carbons (Fsp3) is 0.562. The Kier molecular flexibility index (Phi) is 38.8. The molecule has 61 heavy (non-hydrogen) atoms. The third-order valence-electron chi connectivity index (χ3n) is 8.58. The summed E-state index contributed by atoms with van der Waals surface area (Å²) >= 11 is 0. The normalized spacial score (nSPS) is 15.2. The van der Waals surface area contributed by atoms with Crippen molar-refractivity contribution in [1.82, 2.24) is 0 Å². The highest BCUT2D eigenvalue weighted by Gasteiger charge is 2.28. The standard InChI is InChI=1S/C48H76NO11P/c1-3-5-7-8-9-10-11-12-13-14-15-16-17-18-22-25-28-31-34-38-46(51)57-40-44(41-58-61(55,56)59-42-45(49)48(53)54)60-47(52)39-35-32-29-26-23-20-19-21-24-27-30-33-37-43(50)36-6-4-2/h6,9-10,12-13,15-16,18-20,22,24,26-27,29-30,33,36,43-45,50H,3-5,7-8,11,14,17,21,23,25,28,31-32,34-35,37-42,49H2,1-2H3,(H,53,54)(H,55,56)/b10-9-,13-12-,16-15-,20-19-,22-18-,27-24-,29-26-,33-30+,36-6-/t43?,44-,45+/m1/s1. The van der Waals surface area contributed by atoms with E-state index >= 15 is 0 Å². The summed E-state index contributed by atoms with van der Waals surface area (Å²) in [5.74, 6) is -2.54. The minimum absolute atomic E-state index is 0.0506. The van der Waals surface area contributed by atoms with Crippen LogP contribution in [0.15, 0.2) is 109 Å². The fourth-order valence-electron chi connectivity index (χ4n) is 5.10. The Morgan fingerprint density at radius 2 is 1.11 bits per heavy atom. The Morgan fingerprint density at radius 3 is 1.69 bits per heavy atom. The number of carboxylic acid groups (broad SMARTS) is 1. The first kappa shape index (κ1) is 57.1. The molecular weight excluding hydrogens is 797 g/mol. The molecule has 0 amide bonds. The summed E-state index contributed by atoms with van der Waals surface area (Å²) in [5.41, 5.74) is 5.32. The van der Waals surface area contributed by atoms with Crippen molar-refractivity contribution in [2.24, 2.45) is 5.73 Å². The number of unbranched alkanes of at least 4 members (excludes halogenated alkanes) is 7. The molecule has 0 aliphatic carbocycles. The van der Waals surface area contributed by atoms with E-state index in [1.54, 1.807) is 6.08 Å². The zero-order valence-corrected chi connectivity index (χ0v) is 37.7. The number of esters is 2. The zero-order valence-electron chi connectivity index (χ0n) is 36.8. The molecule has 0 fully saturated rings. The highest BCUT2D eigenvalue weighted by atomic mass is 31.2. The van der Waals surface area contributed by atoms with E-state index in [4.69, 9.17) is 24.8 Å². The van der Waals surface area contributed by atoms with Crippen LogP contribution in [0.25, 0.3) is 0 Å². The number of nitrogens with two attached hydrogens (primary N) is 1. The first-order chi connectivity index (χ1) is 29.5.